The number of methoxy groups -OCH3 is 1. The quantitative estimate of drug-likeness (QED) is 0.416. The lowest BCUT2D eigenvalue weighted by atomic mass is 10.1. The lowest BCUT2D eigenvalue weighted by Crippen LogP contribution is -2.35. The highest BCUT2D eigenvalue weighted by atomic mass is 19.1. The van der Waals surface area contributed by atoms with Crippen LogP contribution in [-0.2, 0) is 14.4 Å². The second kappa shape index (κ2) is 9.86. The van der Waals surface area contributed by atoms with E-state index >= 15 is 0 Å². The SMILES string of the molecule is COc1cccc(C=C2C(=O)NN(c3ccccc3)C2=O)c1OCC(=O)Nc1ccc(F)cc1. The van der Waals surface area contributed by atoms with Crippen molar-refractivity contribution in [3.8, 4) is 11.5 Å². The molecule has 3 aromatic carbocycles. The summed E-state index contributed by atoms with van der Waals surface area (Å²) in [6, 6.07) is 18.9. The summed E-state index contributed by atoms with van der Waals surface area (Å²) in [6.45, 7) is -0.385. The molecule has 2 N–H and O–H groups in total. The number of benzene rings is 3. The van der Waals surface area contributed by atoms with Crippen LogP contribution in [0.5, 0.6) is 11.5 Å². The standard InChI is InChI=1S/C25H20FN3O5/c1-33-21-9-5-6-16(23(21)34-15-22(30)27-18-12-10-17(26)11-13-18)14-20-24(31)28-29(25(20)32)19-7-3-2-4-8-19/h2-14H,15H2,1H3,(H,27,30)(H,28,31). The van der Waals surface area contributed by atoms with Crippen molar-refractivity contribution < 1.29 is 28.2 Å². The summed E-state index contributed by atoms with van der Waals surface area (Å²) < 4.78 is 24.1. The first-order valence-electron chi connectivity index (χ1n) is 10.2. The fourth-order valence-corrected chi connectivity index (χ4v) is 3.30. The van der Waals surface area contributed by atoms with Gasteiger partial charge in [0.2, 0.25) is 0 Å². The van der Waals surface area contributed by atoms with Crippen LogP contribution in [-0.4, -0.2) is 31.4 Å². The summed E-state index contributed by atoms with van der Waals surface area (Å²) >= 11 is 0. The van der Waals surface area contributed by atoms with Gasteiger partial charge in [0.1, 0.15) is 11.4 Å². The minimum Gasteiger partial charge on any atom is -0.493 e. The van der Waals surface area contributed by atoms with Gasteiger partial charge in [0.05, 0.1) is 12.8 Å². The van der Waals surface area contributed by atoms with Crippen LogP contribution < -0.4 is 25.2 Å². The van der Waals surface area contributed by atoms with E-state index < -0.39 is 23.5 Å². The lowest BCUT2D eigenvalue weighted by molar-refractivity contribution is -0.118. The van der Waals surface area contributed by atoms with E-state index in [-0.39, 0.29) is 17.9 Å². The van der Waals surface area contributed by atoms with Crippen molar-refractivity contribution in [2.75, 3.05) is 24.0 Å². The summed E-state index contributed by atoms with van der Waals surface area (Å²) in [5.41, 5.74) is 3.74. The van der Waals surface area contributed by atoms with Crippen LogP contribution in [0.1, 0.15) is 5.56 Å². The lowest BCUT2D eigenvalue weighted by Gasteiger charge is -2.14. The maximum atomic E-state index is 13.1. The van der Waals surface area contributed by atoms with Gasteiger partial charge in [0, 0.05) is 11.3 Å². The molecule has 0 radical (unpaired) electrons. The zero-order valence-corrected chi connectivity index (χ0v) is 18.1. The number of hydrogen-bond acceptors (Lipinski definition) is 5. The average Bonchev–Trinajstić information content (AvgIpc) is 3.13. The van der Waals surface area contributed by atoms with Crippen LogP contribution in [0.2, 0.25) is 0 Å². The van der Waals surface area contributed by atoms with Gasteiger partial charge in [-0.25, -0.2) is 9.40 Å². The third kappa shape index (κ3) is 4.88. The number of nitrogens with zero attached hydrogens (tertiary/aromatic N) is 1. The van der Waals surface area contributed by atoms with Crippen molar-refractivity contribution in [2.24, 2.45) is 0 Å². The molecule has 3 amide bonds. The molecule has 0 aliphatic carbocycles. The predicted molar refractivity (Wildman–Crippen MR) is 124 cm³/mol. The number of anilines is 2. The number of carbonyl (C=O) groups is 3. The van der Waals surface area contributed by atoms with E-state index in [0.29, 0.717) is 22.7 Å². The molecular weight excluding hydrogens is 441 g/mol. The molecule has 34 heavy (non-hydrogen) atoms. The summed E-state index contributed by atoms with van der Waals surface area (Å²) in [5, 5.41) is 3.75. The van der Waals surface area contributed by atoms with E-state index in [4.69, 9.17) is 9.47 Å². The molecule has 0 bridgehead atoms. The zero-order valence-electron chi connectivity index (χ0n) is 18.1. The molecule has 1 heterocycles. The van der Waals surface area contributed by atoms with E-state index in [1.165, 1.54) is 37.5 Å². The van der Waals surface area contributed by atoms with Crippen molar-refractivity contribution in [1.29, 1.82) is 0 Å². The Labute approximate surface area is 194 Å². The molecule has 1 fully saturated rings. The van der Waals surface area contributed by atoms with E-state index in [2.05, 4.69) is 10.7 Å². The highest BCUT2D eigenvalue weighted by Crippen LogP contribution is 2.33. The van der Waals surface area contributed by atoms with Gasteiger partial charge in [0.25, 0.3) is 17.7 Å². The first kappa shape index (κ1) is 22.5. The Bertz CT molecular complexity index is 1260. The smallest absolute Gasteiger partial charge is 0.282 e. The minimum absolute atomic E-state index is 0.0993. The highest BCUT2D eigenvalue weighted by Gasteiger charge is 2.34. The molecule has 9 heteroatoms. The second-order valence-corrected chi connectivity index (χ2v) is 7.20. The van der Waals surface area contributed by atoms with Gasteiger partial charge < -0.3 is 14.8 Å². The fraction of sp³-hybridized carbons (Fsp3) is 0.0800. The molecule has 8 nitrogen and oxygen atoms in total. The van der Waals surface area contributed by atoms with Crippen molar-refractivity contribution in [3.63, 3.8) is 0 Å². The molecular formula is C25H20FN3O5. The molecule has 3 aromatic rings. The van der Waals surface area contributed by atoms with Crippen LogP contribution in [0.15, 0.2) is 78.4 Å². The topological polar surface area (TPSA) is 97.0 Å². The van der Waals surface area contributed by atoms with Gasteiger partial charge in [-0.1, -0.05) is 30.3 Å². The normalized spacial score (nSPS) is 14.2. The molecule has 0 saturated carbocycles. The average molecular weight is 461 g/mol. The number of halogens is 1. The Morgan fingerprint density at radius 1 is 1.03 bits per heavy atom. The van der Waals surface area contributed by atoms with Gasteiger partial charge in [-0.3, -0.25) is 19.8 Å². The van der Waals surface area contributed by atoms with Crippen molar-refractivity contribution in [2.45, 2.75) is 0 Å². The van der Waals surface area contributed by atoms with Gasteiger partial charge >= 0.3 is 0 Å². The van der Waals surface area contributed by atoms with E-state index in [1.54, 1.807) is 48.5 Å². The molecule has 1 aliphatic heterocycles. The van der Waals surface area contributed by atoms with Crippen LogP contribution in [0, 0.1) is 5.82 Å². The summed E-state index contributed by atoms with van der Waals surface area (Å²) in [5.74, 6) is -1.51. The first-order chi connectivity index (χ1) is 16.5. The molecule has 4 rings (SSSR count). The largest absolute Gasteiger partial charge is 0.493 e. The summed E-state index contributed by atoms with van der Waals surface area (Å²) in [4.78, 5) is 37.7. The number of ether oxygens (including phenoxy) is 2. The molecule has 0 spiro atoms. The van der Waals surface area contributed by atoms with Crippen LogP contribution in [0.3, 0.4) is 0 Å². The van der Waals surface area contributed by atoms with E-state index in [0.717, 1.165) is 5.01 Å². The Morgan fingerprint density at radius 3 is 2.47 bits per heavy atom. The maximum Gasteiger partial charge on any atom is 0.282 e. The number of carbonyl (C=O) groups excluding carboxylic acids is 3. The second-order valence-electron chi connectivity index (χ2n) is 7.20. The van der Waals surface area contributed by atoms with Crippen molar-refractivity contribution in [3.05, 3.63) is 89.8 Å². The van der Waals surface area contributed by atoms with Gasteiger partial charge in [0.15, 0.2) is 18.1 Å². The molecule has 1 saturated heterocycles. The number of hydrogen-bond donors (Lipinski definition) is 2. The van der Waals surface area contributed by atoms with Gasteiger partial charge in [-0.05, 0) is 48.5 Å². The third-order valence-electron chi connectivity index (χ3n) is 4.91. The minimum atomic E-state index is -0.573. The third-order valence-corrected chi connectivity index (χ3v) is 4.91. The first-order valence-corrected chi connectivity index (χ1v) is 10.2. The number of hydrazine groups is 1. The number of rotatable bonds is 7. The van der Waals surface area contributed by atoms with Crippen LogP contribution in [0.4, 0.5) is 15.8 Å². The van der Waals surface area contributed by atoms with Crippen molar-refractivity contribution >= 4 is 35.2 Å². The molecule has 1 aliphatic rings. The fourth-order valence-electron chi connectivity index (χ4n) is 3.30. The molecule has 0 aromatic heterocycles. The monoisotopic (exact) mass is 461 g/mol. The van der Waals surface area contributed by atoms with Gasteiger partial charge in [-0.2, -0.15) is 0 Å². The van der Waals surface area contributed by atoms with Gasteiger partial charge in [-0.15, -0.1) is 0 Å². The Balaban J connectivity index is 1.55. The van der Waals surface area contributed by atoms with E-state index in [9.17, 15) is 18.8 Å². The predicted octanol–water partition coefficient (Wildman–Crippen LogP) is 3.31. The Morgan fingerprint density at radius 2 is 1.76 bits per heavy atom. The summed E-state index contributed by atoms with van der Waals surface area (Å²) in [7, 11) is 1.43. The highest BCUT2D eigenvalue weighted by molar-refractivity contribution is 6.31. The summed E-state index contributed by atoms with van der Waals surface area (Å²) in [6.07, 6.45) is 1.39. The number of amides is 3. The maximum absolute atomic E-state index is 13.1. The molecule has 0 atom stereocenters. The zero-order chi connectivity index (χ0) is 24.1. The van der Waals surface area contributed by atoms with Crippen LogP contribution in [0.25, 0.3) is 6.08 Å². The van der Waals surface area contributed by atoms with Crippen molar-refractivity contribution in [1.82, 2.24) is 5.43 Å². The Hall–Kier alpha value is -4.66. The van der Waals surface area contributed by atoms with E-state index in [1.807, 2.05) is 0 Å². The number of nitrogens with one attached hydrogen (secondary N) is 2. The Kier molecular flexibility index (Phi) is 6.54. The number of para-hydroxylation sites is 2. The molecule has 0 unspecified atom stereocenters. The molecule has 172 valence electrons. The van der Waals surface area contributed by atoms with Crippen LogP contribution >= 0.6 is 0 Å².